The minimum Gasteiger partial charge on any atom is -0.507 e. The lowest BCUT2D eigenvalue weighted by atomic mass is 9.99. The Morgan fingerprint density at radius 1 is 1.08 bits per heavy atom. The van der Waals surface area contributed by atoms with Crippen LogP contribution in [-0.2, 0) is 6.42 Å². The molecule has 0 aliphatic heterocycles. The Morgan fingerprint density at radius 2 is 1.85 bits per heavy atom. The van der Waals surface area contributed by atoms with E-state index in [0.29, 0.717) is 0 Å². The van der Waals surface area contributed by atoms with Gasteiger partial charge in [-0.05, 0) is 60.3 Å². The number of carboxylic acids is 1. The molecule has 0 spiro atoms. The minimum atomic E-state index is -1.10. The predicted molar refractivity (Wildman–Crippen MR) is 104 cm³/mol. The zero-order chi connectivity index (χ0) is 18.5. The molecule has 3 rings (SSSR count). The van der Waals surface area contributed by atoms with E-state index < -0.39 is 5.97 Å². The van der Waals surface area contributed by atoms with E-state index in [-0.39, 0.29) is 17.4 Å². The number of fused-ring (bicyclic) bond motifs is 1. The summed E-state index contributed by atoms with van der Waals surface area (Å²) >= 11 is 0. The first-order chi connectivity index (χ1) is 12.6. The molecule has 1 atom stereocenters. The molecule has 4 heteroatoms. The highest BCUT2D eigenvalue weighted by Crippen LogP contribution is 2.24. The van der Waals surface area contributed by atoms with Crippen LogP contribution in [0.4, 0.5) is 0 Å². The van der Waals surface area contributed by atoms with Crippen molar-refractivity contribution in [1.82, 2.24) is 5.32 Å². The van der Waals surface area contributed by atoms with Gasteiger partial charge in [-0.1, -0.05) is 48.5 Å². The van der Waals surface area contributed by atoms with E-state index >= 15 is 0 Å². The first-order valence-corrected chi connectivity index (χ1v) is 8.82. The van der Waals surface area contributed by atoms with Gasteiger partial charge in [-0.15, -0.1) is 0 Å². The van der Waals surface area contributed by atoms with Crippen molar-refractivity contribution in [2.24, 2.45) is 0 Å². The molecule has 0 aliphatic carbocycles. The fraction of sp³-hybridized carbons (Fsp3) is 0.227. The summed E-state index contributed by atoms with van der Waals surface area (Å²) in [6, 6.07) is 19.7. The van der Waals surface area contributed by atoms with E-state index in [1.807, 2.05) is 6.07 Å². The van der Waals surface area contributed by atoms with Gasteiger partial charge >= 0.3 is 5.97 Å². The maximum absolute atomic E-state index is 11.1. The van der Waals surface area contributed by atoms with Crippen LogP contribution >= 0.6 is 0 Å². The number of carboxylic acid groups (broad SMARTS) is 1. The Balaban J connectivity index is 1.58. The average Bonchev–Trinajstić information content (AvgIpc) is 2.65. The van der Waals surface area contributed by atoms with Crippen LogP contribution in [0.15, 0.2) is 60.7 Å². The van der Waals surface area contributed by atoms with E-state index in [1.165, 1.54) is 22.4 Å². The molecule has 3 aromatic carbocycles. The zero-order valence-electron chi connectivity index (χ0n) is 14.8. The molecule has 0 aliphatic rings. The third-order valence-electron chi connectivity index (χ3n) is 4.67. The number of aromatic hydroxyl groups is 1. The SMILES string of the molecule is CC(NCCCc1ccc(O)c(C(=O)O)c1)c1cccc2ccccc12. The third kappa shape index (κ3) is 4.03. The summed E-state index contributed by atoms with van der Waals surface area (Å²) in [6.07, 6.45) is 1.65. The molecule has 0 saturated carbocycles. The second kappa shape index (κ2) is 8.02. The Morgan fingerprint density at radius 3 is 2.65 bits per heavy atom. The summed E-state index contributed by atoms with van der Waals surface area (Å²) in [5.74, 6) is -1.30. The third-order valence-corrected chi connectivity index (χ3v) is 4.67. The van der Waals surface area contributed by atoms with E-state index in [9.17, 15) is 9.90 Å². The molecule has 0 heterocycles. The molecule has 4 nitrogen and oxygen atoms in total. The minimum absolute atomic E-state index is 0.0421. The first kappa shape index (κ1) is 18.0. The highest BCUT2D eigenvalue weighted by molar-refractivity contribution is 5.91. The number of rotatable bonds is 7. The van der Waals surface area contributed by atoms with E-state index in [4.69, 9.17) is 5.11 Å². The predicted octanol–water partition coefficient (Wildman–Crippen LogP) is 4.53. The van der Waals surface area contributed by atoms with Crippen LogP contribution in [0.25, 0.3) is 10.8 Å². The van der Waals surface area contributed by atoms with Crippen molar-refractivity contribution in [3.8, 4) is 5.75 Å². The standard InChI is InChI=1S/C22H23NO3/c1-15(18-10-4-8-17-7-2-3-9-19(17)18)23-13-5-6-16-11-12-21(24)20(14-16)22(25)26/h2-4,7-12,14-15,23-24H,5-6,13H2,1H3,(H,25,26). The molecule has 0 saturated heterocycles. The maximum atomic E-state index is 11.1. The van der Waals surface area contributed by atoms with Gasteiger partial charge in [0.2, 0.25) is 0 Å². The quantitative estimate of drug-likeness (QED) is 0.548. The van der Waals surface area contributed by atoms with Gasteiger partial charge in [0.1, 0.15) is 11.3 Å². The maximum Gasteiger partial charge on any atom is 0.339 e. The van der Waals surface area contributed by atoms with E-state index in [2.05, 4.69) is 48.6 Å². The van der Waals surface area contributed by atoms with Crippen LogP contribution in [-0.4, -0.2) is 22.7 Å². The zero-order valence-corrected chi connectivity index (χ0v) is 14.8. The Kier molecular flexibility index (Phi) is 5.54. The summed E-state index contributed by atoms with van der Waals surface area (Å²) in [5, 5.41) is 24.7. The second-order valence-corrected chi connectivity index (χ2v) is 6.50. The summed E-state index contributed by atoms with van der Waals surface area (Å²) in [5.41, 5.74) is 2.15. The van der Waals surface area contributed by atoms with Gasteiger partial charge in [-0.25, -0.2) is 4.79 Å². The highest BCUT2D eigenvalue weighted by Gasteiger charge is 2.11. The van der Waals surface area contributed by atoms with Crippen molar-refractivity contribution in [2.75, 3.05) is 6.54 Å². The van der Waals surface area contributed by atoms with Crippen molar-refractivity contribution in [1.29, 1.82) is 0 Å². The summed E-state index contributed by atoms with van der Waals surface area (Å²) in [6.45, 7) is 2.98. The monoisotopic (exact) mass is 349 g/mol. The highest BCUT2D eigenvalue weighted by atomic mass is 16.4. The van der Waals surface area contributed by atoms with Gasteiger partial charge in [-0.3, -0.25) is 0 Å². The summed E-state index contributed by atoms with van der Waals surface area (Å²) < 4.78 is 0. The smallest absolute Gasteiger partial charge is 0.339 e. The first-order valence-electron chi connectivity index (χ1n) is 8.82. The van der Waals surface area contributed by atoms with Gasteiger partial charge < -0.3 is 15.5 Å². The Bertz CT molecular complexity index is 915. The van der Waals surface area contributed by atoms with Crippen molar-refractivity contribution in [3.05, 3.63) is 77.4 Å². The number of carbonyl (C=O) groups is 1. The lowest BCUT2D eigenvalue weighted by Gasteiger charge is -2.16. The molecule has 26 heavy (non-hydrogen) atoms. The second-order valence-electron chi connectivity index (χ2n) is 6.50. The molecule has 1 unspecified atom stereocenters. The summed E-state index contributed by atoms with van der Waals surface area (Å²) in [7, 11) is 0. The number of nitrogens with one attached hydrogen (secondary N) is 1. The van der Waals surface area contributed by atoms with Crippen molar-refractivity contribution in [2.45, 2.75) is 25.8 Å². The molecule has 3 N–H and O–H groups in total. The Labute approximate surface area is 153 Å². The number of aryl methyl sites for hydroxylation is 1. The Hall–Kier alpha value is -2.85. The van der Waals surface area contributed by atoms with E-state index in [1.54, 1.807) is 12.1 Å². The van der Waals surface area contributed by atoms with Crippen LogP contribution in [0, 0.1) is 0 Å². The van der Waals surface area contributed by atoms with Crippen molar-refractivity contribution >= 4 is 16.7 Å². The van der Waals surface area contributed by atoms with Crippen molar-refractivity contribution < 1.29 is 15.0 Å². The van der Waals surface area contributed by atoms with Gasteiger partial charge in [-0.2, -0.15) is 0 Å². The largest absolute Gasteiger partial charge is 0.507 e. The molecule has 0 aromatic heterocycles. The molecule has 0 fully saturated rings. The molecule has 3 aromatic rings. The molecular formula is C22H23NO3. The van der Waals surface area contributed by atoms with Crippen LogP contribution in [0.1, 0.15) is 40.9 Å². The topological polar surface area (TPSA) is 69.6 Å². The number of hydrogen-bond donors (Lipinski definition) is 3. The van der Waals surface area contributed by atoms with E-state index in [0.717, 1.165) is 24.9 Å². The van der Waals surface area contributed by atoms with Crippen LogP contribution < -0.4 is 5.32 Å². The molecule has 0 amide bonds. The normalized spacial score (nSPS) is 12.2. The fourth-order valence-corrected chi connectivity index (χ4v) is 3.26. The number of hydrogen-bond acceptors (Lipinski definition) is 3. The fourth-order valence-electron chi connectivity index (χ4n) is 3.26. The van der Waals surface area contributed by atoms with Crippen LogP contribution in [0.5, 0.6) is 5.75 Å². The number of phenols is 1. The van der Waals surface area contributed by atoms with Gasteiger partial charge in [0.05, 0.1) is 0 Å². The molecule has 0 radical (unpaired) electrons. The molecule has 134 valence electrons. The molecular weight excluding hydrogens is 326 g/mol. The number of aromatic carboxylic acids is 1. The lowest BCUT2D eigenvalue weighted by molar-refractivity contribution is 0.0693. The van der Waals surface area contributed by atoms with Crippen LogP contribution in [0.2, 0.25) is 0 Å². The average molecular weight is 349 g/mol. The molecule has 0 bridgehead atoms. The summed E-state index contributed by atoms with van der Waals surface area (Å²) in [4.78, 5) is 11.1. The van der Waals surface area contributed by atoms with Gasteiger partial charge in [0.15, 0.2) is 0 Å². The van der Waals surface area contributed by atoms with Crippen LogP contribution in [0.3, 0.4) is 0 Å². The van der Waals surface area contributed by atoms with Crippen molar-refractivity contribution in [3.63, 3.8) is 0 Å². The lowest BCUT2D eigenvalue weighted by Crippen LogP contribution is -2.20. The van der Waals surface area contributed by atoms with Gasteiger partial charge in [0, 0.05) is 6.04 Å². The van der Waals surface area contributed by atoms with Gasteiger partial charge in [0.25, 0.3) is 0 Å². The number of benzene rings is 3.